The number of fused-ring (bicyclic) bond motifs is 5. The van der Waals surface area contributed by atoms with Crippen LogP contribution in [0.25, 0.3) is 21.8 Å². The molecule has 0 unspecified atom stereocenters. The van der Waals surface area contributed by atoms with Crippen molar-refractivity contribution < 1.29 is 14.7 Å². The molecule has 2 aliphatic rings. The summed E-state index contributed by atoms with van der Waals surface area (Å²) in [6.07, 6.45) is 0.642. The van der Waals surface area contributed by atoms with E-state index in [0.29, 0.717) is 6.54 Å². The number of aliphatic hydroxyl groups excluding tert-OH is 1. The number of β-amino-alcohol motifs (C(OH)–C–C–N with tert-alkyl or cyclic N) is 1. The van der Waals surface area contributed by atoms with Gasteiger partial charge in [0.2, 0.25) is 11.8 Å². The fourth-order valence-corrected chi connectivity index (χ4v) is 5.75. The van der Waals surface area contributed by atoms with Gasteiger partial charge in [-0.1, -0.05) is 57.2 Å². The molecule has 2 heterocycles. The van der Waals surface area contributed by atoms with E-state index in [4.69, 9.17) is 0 Å². The SMILES string of the molecule is CC1(C)[C@H]2CC[C@]1(C)C(=O)N(C[C@@H](O)Cn1c3ccccc3c3ccccc31)C2=O. The Kier molecular flexibility index (Phi) is 4.13. The van der Waals surface area contributed by atoms with E-state index >= 15 is 0 Å². The summed E-state index contributed by atoms with van der Waals surface area (Å²) >= 11 is 0. The second-order valence-corrected chi connectivity index (χ2v) is 9.70. The quantitative estimate of drug-likeness (QED) is 0.670. The fourth-order valence-electron chi connectivity index (χ4n) is 5.75. The molecular weight excluding hydrogens is 376 g/mol. The number of para-hydroxylation sites is 2. The highest BCUT2D eigenvalue weighted by Crippen LogP contribution is 2.60. The Balaban J connectivity index is 1.45. The third kappa shape index (κ3) is 2.45. The average molecular weight is 405 g/mol. The molecule has 1 saturated heterocycles. The molecule has 1 aliphatic heterocycles. The van der Waals surface area contributed by atoms with Crippen LogP contribution in [0.5, 0.6) is 0 Å². The topological polar surface area (TPSA) is 62.5 Å². The number of benzene rings is 2. The minimum absolute atomic E-state index is 0.0423. The summed E-state index contributed by atoms with van der Waals surface area (Å²) in [6, 6.07) is 16.3. The molecule has 2 fully saturated rings. The lowest BCUT2D eigenvalue weighted by molar-refractivity contribution is -0.169. The van der Waals surface area contributed by atoms with Crippen LogP contribution in [0.1, 0.15) is 33.6 Å². The standard InChI is InChI=1S/C25H28N2O3/c1-24(2)19-12-13-25(24,3)23(30)27(22(19)29)15-16(28)14-26-20-10-6-4-8-17(20)18-9-5-7-11-21(18)26/h4-11,16,19,28H,12-15H2,1-3H3/t16-,19-,25+/m0/s1. The van der Waals surface area contributed by atoms with Crippen molar-refractivity contribution in [3.8, 4) is 0 Å². The van der Waals surface area contributed by atoms with Crippen LogP contribution in [-0.4, -0.2) is 39.0 Å². The van der Waals surface area contributed by atoms with Crippen LogP contribution in [0.15, 0.2) is 48.5 Å². The Morgan fingerprint density at radius 3 is 2.13 bits per heavy atom. The van der Waals surface area contributed by atoms with Crippen molar-refractivity contribution in [2.24, 2.45) is 16.7 Å². The van der Waals surface area contributed by atoms with Gasteiger partial charge in [0.1, 0.15) is 0 Å². The first-order valence-corrected chi connectivity index (χ1v) is 10.8. The summed E-state index contributed by atoms with van der Waals surface area (Å²) in [5.41, 5.74) is 1.21. The van der Waals surface area contributed by atoms with Crippen molar-refractivity contribution in [2.45, 2.75) is 46.3 Å². The highest BCUT2D eigenvalue weighted by Gasteiger charge is 2.64. The predicted molar refractivity (Wildman–Crippen MR) is 117 cm³/mol. The zero-order chi connectivity index (χ0) is 21.3. The van der Waals surface area contributed by atoms with Gasteiger partial charge in [-0.25, -0.2) is 0 Å². The lowest BCUT2D eigenvalue weighted by Gasteiger charge is -2.48. The van der Waals surface area contributed by atoms with Crippen LogP contribution in [0, 0.1) is 16.7 Å². The Hall–Kier alpha value is -2.66. The van der Waals surface area contributed by atoms with E-state index in [1.54, 1.807) is 0 Å². The molecule has 2 aromatic carbocycles. The van der Waals surface area contributed by atoms with E-state index in [2.05, 4.69) is 16.7 Å². The summed E-state index contributed by atoms with van der Waals surface area (Å²) in [5.74, 6) is -0.408. The molecule has 1 saturated carbocycles. The number of imide groups is 1. The van der Waals surface area contributed by atoms with Crippen molar-refractivity contribution in [3.05, 3.63) is 48.5 Å². The lowest BCUT2D eigenvalue weighted by atomic mass is 9.62. The van der Waals surface area contributed by atoms with Crippen molar-refractivity contribution in [1.82, 2.24) is 9.47 Å². The Morgan fingerprint density at radius 1 is 0.967 bits per heavy atom. The summed E-state index contributed by atoms with van der Waals surface area (Å²) in [6.45, 7) is 6.42. The van der Waals surface area contributed by atoms with Crippen LogP contribution < -0.4 is 0 Å². The zero-order valence-electron chi connectivity index (χ0n) is 17.8. The van der Waals surface area contributed by atoms with Gasteiger partial charge < -0.3 is 9.67 Å². The molecule has 1 aromatic heterocycles. The molecule has 2 bridgehead atoms. The number of rotatable bonds is 4. The van der Waals surface area contributed by atoms with Crippen molar-refractivity contribution >= 4 is 33.6 Å². The van der Waals surface area contributed by atoms with Gasteiger partial charge in [-0.3, -0.25) is 14.5 Å². The monoisotopic (exact) mass is 404 g/mol. The number of carbonyl (C=O) groups is 2. The van der Waals surface area contributed by atoms with E-state index in [1.807, 2.05) is 57.2 Å². The molecule has 3 aromatic rings. The lowest BCUT2D eigenvalue weighted by Crippen LogP contribution is -2.60. The molecule has 3 atom stereocenters. The maximum atomic E-state index is 13.3. The molecule has 2 amide bonds. The molecule has 5 heteroatoms. The van der Waals surface area contributed by atoms with E-state index in [1.165, 1.54) is 4.90 Å². The molecule has 0 spiro atoms. The summed E-state index contributed by atoms with van der Waals surface area (Å²) in [7, 11) is 0. The summed E-state index contributed by atoms with van der Waals surface area (Å²) in [4.78, 5) is 27.7. The number of nitrogens with zero attached hydrogens (tertiary/aromatic N) is 2. The van der Waals surface area contributed by atoms with E-state index in [0.717, 1.165) is 34.6 Å². The largest absolute Gasteiger partial charge is 0.389 e. The molecule has 30 heavy (non-hydrogen) atoms. The number of aromatic nitrogens is 1. The first-order chi connectivity index (χ1) is 14.3. The van der Waals surface area contributed by atoms with Crippen LogP contribution in [-0.2, 0) is 16.1 Å². The number of piperidine rings is 1. The Bertz CT molecular complexity index is 1120. The van der Waals surface area contributed by atoms with Gasteiger partial charge in [-0.15, -0.1) is 0 Å². The van der Waals surface area contributed by atoms with Crippen LogP contribution in [0.3, 0.4) is 0 Å². The molecule has 5 nitrogen and oxygen atoms in total. The highest BCUT2D eigenvalue weighted by molar-refractivity contribution is 6.08. The Labute approximate surface area is 176 Å². The number of hydrogen-bond acceptors (Lipinski definition) is 3. The molecular formula is C25H28N2O3. The smallest absolute Gasteiger partial charge is 0.235 e. The number of hydrogen-bond donors (Lipinski definition) is 1. The molecule has 156 valence electrons. The first kappa shape index (κ1) is 19.3. The molecule has 5 rings (SSSR count). The van der Waals surface area contributed by atoms with Crippen molar-refractivity contribution in [1.29, 1.82) is 0 Å². The number of aliphatic hydroxyl groups is 1. The van der Waals surface area contributed by atoms with Crippen molar-refractivity contribution in [2.75, 3.05) is 6.54 Å². The van der Waals surface area contributed by atoms with Crippen LogP contribution >= 0.6 is 0 Å². The second-order valence-electron chi connectivity index (χ2n) is 9.70. The van der Waals surface area contributed by atoms with Gasteiger partial charge in [0, 0.05) is 27.7 Å². The summed E-state index contributed by atoms with van der Waals surface area (Å²) in [5, 5.41) is 13.2. The third-order valence-corrected chi connectivity index (χ3v) is 7.97. The molecule has 1 N–H and O–H groups in total. The molecule has 1 aliphatic carbocycles. The number of amides is 2. The summed E-state index contributed by atoms with van der Waals surface area (Å²) < 4.78 is 2.09. The fraction of sp³-hybridized carbons (Fsp3) is 0.440. The second kappa shape index (κ2) is 6.42. The van der Waals surface area contributed by atoms with Gasteiger partial charge in [0.25, 0.3) is 0 Å². The van der Waals surface area contributed by atoms with Gasteiger partial charge in [0.05, 0.1) is 24.6 Å². The maximum absolute atomic E-state index is 13.3. The van der Waals surface area contributed by atoms with Crippen LogP contribution in [0.2, 0.25) is 0 Å². The zero-order valence-corrected chi connectivity index (χ0v) is 17.8. The molecule has 0 radical (unpaired) electrons. The Morgan fingerprint density at radius 2 is 1.53 bits per heavy atom. The highest BCUT2D eigenvalue weighted by atomic mass is 16.3. The van der Waals surface area contributed by atoms with Gasteiger partial charge >= 0.3 is 0 Å². The maximum Gasteiger partial charge on any atom is 0.235 e. The van der Waals surface area contributed by atoms with E-state index in [9.17, 15) is 14.7 Å². The van der Waals surface area contributed by atoms with Crippen LogP contribution in [0.4, 0.5) is 0 Å². The average Bonchev–Trinajstić information content (AvgIpc) is 3.14. The van der Waals surface area contributed by atoms with Gasteiger partial charge in [-0.05, 0) is 30.4 Å². The van der Waals surface area contributed by atoms with E-state index in [-0.39, 0.29) is 29.7 Å². The number of carbonyl (C=O) groups excluding carboxylic acids is 2. The normalized spacial score (nSPS) is 26.7. The van der Waals surface area contributed by atoms with Gasteiger partial charge in [0.15, 0.2) is 0 Å². The van der Waals surface area contributed by atoms with Gasteiger partial charge in [-0.2, -0.15) is 0 Å². The third-order valence-electron chi connectivity index (χ3n) is 7.97. The minimum Gasteiger partial charge on any atom is -0.389 e. The minimum atomic E-state index is -0.832. The predicted octanol–water partition coefficient (Wildman–Crippen LogP) is 3.97. The van der Waals surface area contributed by atoms with E-state index < -0.39 is 11.5 Å². The number of likely N-dealkylation sites (tertiary alicyclic amines) is 1. The first-order valence-electron chi connectivity index (χ1n) is 10.8. The van der Waals surface area contributed by atoms with Crippen molar-refractivity contribution in [3.63, 3.8) is 0 Å².